The van der Waals surface area contributed by atoms with Crippen LogP contribution in [0.25, 0.3) is 0 Å². The monoisotopic (exact) mass is 539 g/mol. The smallest absolute Gasteiger partial charge is 0.326 e. The third-order valence-corrected chi connectivity index (χ3v) is 6.77. The van der Waals surface area contributed by atoms with E-state index in [1.165, 1.54) is 0 Å². The number of amides is 4. The van der Waals surface area contributed by atoms with Gasteiger partial charge in [-0.3, -0.25) is 24.1 Å². The second-order valence-corrected chi connectivity index (χ2v) is 10.4. The summed E-state index contributed by atoms with van der Waals surface area (Å²) in [4.78, 5) is 63.8. The predicted octanol–water partition coefficient (Wildman–Crippen LogP) is 2.70. The first-order valence-corrected chi connectivity index (χ1v) is 13.1. The number of aliphatic carboxylic acids is 1. The molecule has 2 aromatic carbocycles. The Bertz CT molecular complexity index is 1150. The Hall–Kier alpha value is -3.66. The molecule has 0 bridgehead atoms. The molecule has 38 heavy (non-hydrogen) atoms. The molecule has 3 rings (SSSR count). The van der Waals surface area contributed by atoms with E-state index in [-0.39, 0.29) is 37.1 Å². The number of thiol groups is 1. The maximum absolute atomic E-state index is 13.0. The van der Waals surface area contributed by atoms with Gasteiger partial charge in [-0.15, -0.1) is 0 Å². The van der Waals surface area contributed by atoms with Gasteiger partial charge in [0.25, 0.3) is 11.8 Å². The number of imide groups is 1. The summed E-state index contributed by atoms with van der Waals surface area (Å²) in [5.74, 6) is -2.90. The van der Waals surface area contributed by atoms with Gasteiger partial charge in [0.15, 0.2) is 0 Å². The van der Waals surface area contributed by atoms with Crippen LogP contribution in [-0.4, -0.2) is 63.5 Å². The quantitative estimate of drug-likeness (QED) is 0.229. The third kappa shape index (κ3) is 7.44. The highest BCUT2D eigenvalue weighted by molar-refractivity contribution is 7.81. The number of hydrogen-bond acceptors (Lipinski definition) is 6. The average molecular weight is 540 g/mol. The topological polar surface area (TPSA) is 133 Å². The number of carbonyl (C=O) groups excluding carboxylic acids is 4. The summed E-state index contributed by atoms with van der Waals surface area (Å²) in [5, 5.41) is 14.1. The fraction of sp³-hybridized carbons (Fsp3) is 0.393. The lowest BCUT2D eigenvalue weighted by Crippen LogP contribution is -2.53. The number of nitrogens with zero attached hydrogens (tertiary/aromatic N) is 1. The van der Waals surface area contributed by atoms with Gasteiger partial charge in [-0.2, -0.15) is 12.6 Å². The first kappa shape index (κ1) is 28.9. The van der Waals surface area contributed by atoms with Crippen LogP contribution in [0.5, 0.6) is 0 Å². The molecule has 0 spiro atoms. The van der Waals surface area contributed by atoms with Crippen molar-refractivity contribution in [3.05, 3.63) is 71.3 Å². The van der Waals surface area contributed by atoms with E-state index in [1.54, 1.807) is 48.5 Å². The molecule has 3 atom stereocenters. The highest BCUT2D eigenvalue weighted by Gasteiger charge is 2.35. The largest absolute Gasteiger partial charge is 0.480 e. The molecule has 1 aliphatic rings. The fourth-order valence-corrected chi connectivity index (χ4v) is 4.57. The molecule has 0 radical (unpaired) electrons. The van der Waals surface area contributed by atoms with E-state index in [1.807, 2.05) is 19.9 Å². The highest BCUT2D eigenvalue weighted by Crippen LogP contribution is 2.23. The Morgan fingerprint density at radius 3 is 1.97 bits per heavy atom. The molecule has 0 aliphatic carbocycles. The van der Waals surface area contributed by atoms with Gasteiger partial charge < -0.3 is 15.7 Å². The molecule has 3 N–H and O–H groups in total. The van der Waals surface area contributed by atoms with Crippen molar-refractivity contribution >= 4 is 42.2 Å². The Labute approximate surface area is 227 Å². The summed E-state index contributed by atoms with van der Waals surface area (Å²) in [5.41, 5.74) is 1.50. The molecule has 202 valence electrons. The molecule has 9 nitrogen and oxygen atoms in total. The van der Waals surface area contributed by atoms with Crippen LogP contribution in [0.2, 0.25) is 0 Å². The summed E-state index contributed by atoms with van der Waals surface area (Å²) < 4.78 is 0. The van der Waals surface area contributed by atoms with Crippen molar-refractivity contribution in [1.29, 1.82) is 0 Å². The van der Waals surface area contributed by atoms with Gasteiger partial charge in [0.05, 0.1) is 16.4 Å². The minimum Gasteiger partial charge on any atom is -0.480 e. The first-order valence-electron chi connectivity index (χ1n) is 12.6. The minimum absolute atomic E-state index is 0.0515. The molecule has 2 aromatic rings. The van der Waals surface area contributed by atoms with Gasteiger partial charge in [-0.1, -0.05) is 56.3 Å². The lowest BCUT2D eigenvalue weighted by atomic mass is 10.0. The van der Waals surface area contributed by atoms with Crippen molar-refractivity contribution in [2.75, 3.05) is 6.54 Å². The first-order chi connectivity index (χ1) is 18.1. The molecule has 1 aliphatic heterocycles. The van der Waals surface area contributed by atoms with Crippen LogP contribution in [-0.2, 0) is 20.8 Å². The van der Waals surface area contributed by atoms with E-state index >= 15 is 0 Å². The van der Waals surface area contributed by atoms with Crippen molar-refractivity contribution in [3.8, 4) is 0 Å². The van der Waals surface area contributed by atoms with Gasteiger partial charge >= 0.3 is 5.97 Å². The number of hydrogen-bond donors (Lipinski definition) is 4. The van der Waals surface area contributed by atoms with E-state index in [4.69, 9.17) is 0 Å². The second kappa shape index (κ2) is 13.2. The number of benzene rings is 2. The third-order valence-electron chi connectivity index (χ3n) is 6.28. The number of fused-ring (bicyclic) bond motifs is 1. The summed E-state index contributed by atoms with van der Waals surface area (Å²) in [7, 11) is 0. The van der Waals surface area contributed by atoms with E-state index in [0.29, 0.717) is 24.0 Å². The molecule has 0 fully saturated rings. The molecular formula is C28H33N3O6S. The SMILES string of the molecule is CC(C)CC(NC(=O)C(S)CCCN1C(=O)c2ccccc2C1=O)C(=O)N[C@@H](Cc1ccccc1)C(=O)O. The number of rotatable bonds is 13. The van der Waals surface area contributed by atoms with Crippen molar-refractivity contribution < 1.29 is 29.1 Å². The van der Waals surface area contributed by atoms with E-state index in [0.717, 1.165) is 10.5 Å². The lowest BCUT2D eigenvalue weighted by molar-refractivity contribution is -0.142. The van der Waals surface area contributed by atoms with Crippen molar-refractivity contribution in [2.45, 2.75) is 56.9 Å². The molecule has 0 saturated heterocycles. The molecule has 0 saturated carbocycles. The highest BCUT2D eigenvalue weighted by atomic mass is 32.1. The molecule has 4 amide bonds. The van der Waals surface area contributed by atoms with E-state index in [2.05, 4.69) is 23.3 Å². The number of carboxylic acid groups (broad SMARTS) is 1. The lowest BCUT2D eigenvalue weighted by Gasteiger charge is -2.24. The maximum Gasteiger partial charge on any atom is 0.326 e. The zero-order chi connectivity index (χ0) is 27.8. The van der Waals surface area contributed by atoms with Crippen LogP contribution in [0, 0.1) is 5.92 Å². The summed E-state index contributed by atoms with van der Waals surface area (Å²) in [6, 6.07) is 13.5. The van der Waals surface area contributed by atoms with Crippen LogP contribution < -0.4 is 10.6 Å². The average Bonchev–Trinajstić information content (AvgIpc) is 3.13. The van der Waals surface area contributed by atoms with Gasteiger partial charge in [0, 0.05) is 13.0 Å². The van der Waals surface area contributed by atoms with Crippen LogP contribution in [0.4, 0.5) is 0 Å². The van der Waals surface area contributed by atoms with Gasteiger partial charge in [0.2, 0.25) is 11.8 Å². The van der Waals surface area contributed by atoms with Crippen LogP contribution in [0.1, 0.15) is 59.4 Å². The molecule has 0 aromatic heterocycles. The van der Waals surface area contributed by atoms with Crippen LogP contribution in [0.15, 0.2) is 54.6 Å². The fourth-order valence-electron chi connectivity index (χ4n) is 4.31. The number of nitrogens with one attached hydrogen (secondary N) is 2. The zero-order valence-electron chi connectivity index (χ0n) is 21.4. The van der Waals surface area contributed by atoms with Gasteiger partial charge in [-0.25, -0.2) is 4.79 Å². The maximum atomic E-state index is 13.0. The van der Waals surface area contributed by atoms with E-state index < -0.39 is 35.1 Å². The van der Waals surface area contributed by atoms with Gasteiger partial charge in [0.1, 0.15) is 12.1 Å². The Kier molecular flexibility index (Phi) is 10.1. The molecular weight excluding hydrogens is 506 g/mol. The van der Waals surface area contributed by atoms with Crippen molar-refractivity contribution in [3.63, 3.8) is 0 Å². The normalized spacial score (nSPS) is 15.1. The second-order valence-electron chi connectivity index (χ2n) is 9.75. The minimum atomic E-state index is -1.17. The Balaban J connectivity index is 1.55. The number of carbonyl (C=O) groups is 5. The van der Waals surface area contributed by atoms with Crippen LogP contribution in [0.3, 0.4) is 0 Å². The molecule has 10 heteroatoms. The molecule has 1 heterocycles. The standard InChI is InChI=1S/C28H33N3O6S/c1-17(2)15-21(24(32)30-22(28(36)37)16-18-9-4-3-5-10-18)29-25(33)23(38)13-8-14-31-26(34)19-11-6-7-12-20(19)27(31)35/h3-7,9-12,17,21-23,38H,8,13-16H2,1-2H3,(H,29,33)(H,30,32)(H,36,37)/t21?,22-,23?/m0/s1. The van der Waals surface area contributed by atoms with Crippen molar-refractivity contribution in [1.82, 2.24) is 15.5 Å². The van der Waals surface area contributed by atoms with Crippen molar-refractivity contribution in [2.24, 2.45) is 5.92 Å². The number of carboxylic acids is 1. The summed E-state index contributed by atoms with van der Waals surface area (Å²) >= 11 is 4.37. The van der Waals surface area contributed by atoms with Crippen LogP contribution >= 0.6 is 12.6 Å². The van der Waals surface area contributed by atoms with E-state index in [9.17, 15) is 29.1 Å². The molecule has 2 unspecified atom stereocenters. The predicted molar refractivity (Wildman–Crippen MR) is 145 cm³/mol. The zero-order valence-corrected chi connectivity index (χ0v) is 22.3. The summed E-state index contributed by atoms with van der Waals surface area (Å²) in [6.07, 6.45) is 1.04. The Morgan fingerprint density at radius 1 is 0.868 bits per heavy atom. The van der Waals surface area contributed by atoms with Gasteiger partial charge in [-0.05, 0) is 42.9 Å². The Morgan fingerprint density at radius 2 is 1.42 bits per heavy atom. The summed E-state index contributed by atoms with van der Waals surface area (Å²) in [6.45, 7) is 3.93.